The first-order chi connectivity index (χ1) is 12.3. The molecule has 3 rings (SSSR count). The summed E-state index contributed by atoms with van der Waals surface area (Å²) in [6.45, 7) is 7.59. The van der Waals surface area contributed by atoms with Crippen molar-refractivity contribution < 1.29 is 1.43 Å². The molecule has 0 atom stereocenters. The van der Waals surface area contributed by atoms with Crippen LogP contribution >= 0.6 is 0 Å². The molecule has 0 fully saturated rings. The summed E-state index contributed by atoms with van der Waals surface area (Å²) in [7, 11) is 0. The maximum atomic E-state index is 3.85. The fourth-order valence-electron chi connectivity index (χ4n) is 2.70. The molecule has 0 amide bonds. The Morgan fingerprint density at radius 1 is 0.720 bits per heavy atom. The van der Waals surface area contributed by atoms with Crippen molar-refractivity contribution in [3.8, 4) is 11.1 Å². The van der Waals surface area contributed by atoms with Gasteiger partial charge in [-0.15, -0.1) is 0 Å². The molecule has 0 radical (unpaired) electrons. The Hall–Kier alpha value is -3.32. The zero-order valence-electron chi connectivity index (χ0n) is 14.2. The van der Waals surface area contributed by atoms with Crippen molar-refractivity contribution in [1.82, 2.24) is 0 Å². The fourth-order valence-corrected chi connectivity index (χ4v) is 2.70. The molecule has 25 heavy (non-hydrogen) atoms. The van der Waals surface area contributed by atoms with Crippen LogP contribution in [-0.2, 0) is 0 Å². The van der Waals surface area contributed by atoms with E-state index in [2.05, 4.69) is 91.3 Å². The molecule has 0 saturated heterocycles. The Labute approximate surface area is 151 Å². The van der Waals surface area contributed by atoms with Crippen LogP contribution < -0.4 is 5.32 Å². The number of nitrogens with one attached hydrogen (secondary N) is 1. The lowest BCUT2D eigenvalue weighted by Gasteiger charge is -2.09. The molecule has 0 spiro atoms. The maximum absolute atomic E-state index is 3.85. The number of hydrogen-bond donors (Lipinski definition) is 1. The second-order valence-electron chi connectivity index (χ2n) is 5.71. The molecule has 0 aromatic heterocycles. The number of hydrogen-bond acceptors (Lipinski definition) is 1. The average molecular weight is 325 g/mol. The van der Waals surface area contributed by atoms with Crippen LogP contribution in [-0.4, -0.2) is 0 Å². The Balaban J connectivity index is 0.00000243. The highest BCUT2D eigenvalue weighted by molar-refractivity contribution is 5.76. The third-order valence-corrected chi connectivity index (χ3v) is 4.02. The number of rotatable bonds is 6. The van der Waals surface area contributed by atoms with Crippen molar-refractivity contribution in [2.24, 2.45) is 0 Å². The quantitative estimate of drug-likeness (QED) is 0.477. The van der Waals surface area contributed by atoms with Crippen molar-refractivity contribution in [3.05, 3.63) is 116 Å². The highest BCUT2D eigenvalue weighted by Crippen LogP contribution is 2.24. The van der Waals surface area contributed by atoms with E-state index in [0.29, 0.717) is 0 Å². The molecule has 0 aliphatic heterocycles. The Kier molecular flexibility index (Phi) is 5.28. The lowest BCUT2D eigenvalue weighted by Crippen LogP contribution is -1.90. The van der Waals surface area contributed by atoms with Crippen LogP contribution in [0.25, 0.3) is 16.7 Å². The molecule has 1 heteroatoms. The summed E-state index contributed by atoms with van der Waals surface area (Å²) >= 11 is 0. The molecule has 0 heterocycles. The summed E-state index contributed by atoms with van der Waals surface area (Å²) in [5.74, 6) is 0. The third-order valence-electron chi connectivity index (χ3n) is 4.02. The van der Waals surface area contributed by atoms with E-state index in [4.69, 9.17) is 0 Å². The van der Waals surface area contributed by atoms with Gasteiger partial charge < -0.3 is 5.32 Å². The maximum Gasteiger partial charge on any atom is 0.0384 e. The molecular weight excluding hydrogens is 302 g/mol. The van der Waals surface area contributed by atoms with E-state index in [-0.39, 0.29) is 1.43 Å². The normalized spacial score (nSPS) is 11.0. The van der Waals surface area contributed by atoms with Crippen molar-refractivity contribution in [1.29, 1.82) is 0 Å². The van der Waals surface area contributed by atoms with Crippen LogP contribution in [0.1, 0.15) is 6.99 Å². The van der Waals surface area contributed by atoms with Crippen molar-refractivity contribution in [2.45, 2.75) is 0 Å². The third kappa shape index (κ3) is 4.15. The largest absolute Gasteiger partial charge is 0.356 e. The molecule has 0 bridgehead atoms. The van der Waals surface area contributed by atoms with E-state index in [1.165, 1.54) is 11.1 Å². The highest BCUT2D eigenvalue weighted by Gasteiger charge is 2.00. The Morgan fingerprint density at radius 3 is 1.84 bits per heavy atom. The first-order valence-electron chi connectivity index (χ1n) is 8.28. The number of allylic oxidation sites excluding steroid dienone is 4. The van der Waals surface area contributed by atoms with E-state index >= 15 is 0 Å². The van der Waals surface area contributed by atoms with Crippen LogP contribution in [0.2, 0.25) is 0 Å². The monoisotopic (exact) mass is 325 g/mol. The summed E-state index contributed by atoms with van der Waals surface area (Å²) in [6, 6.07) is 27.2. The lowest BCUT2D eigenvalue weighted by atomic mass is 10.0. The van der Waals surface area contributed by atoms with Gasteiger partial charge in [-0.05, 0) is 46.5 Å². The van der Waals surface area contributed by atoms with Gasteiger partial charge in [-0.1, -0.05) is 86.0 Å². The topological polar surface area (TPSA) is 12.0 Å². The van der Waals surface area contributed by atoms with Crippen LogP contribution in [0.4, 0.5) is 11.4 Å². The highest BCUT2D eigenvalue weighted by atomic mass is 14.9. The molecule has 1 nitrogen and oxygen atoms in total. The van der Waals surface area contributed by atoms with Gasteiger partial charge in [0.2, 0.25) is 0 Å². The van der Waals surface area contributed by atoms with Crippen LogP contribution in [0.5, 0.6) is 0 Å². The van der Waals surface area contributed by atoms with E-state index in [0.717, 1.165) is 22.5 Å². The van der Waals surface area contributed by atoms with Crippen LogP contribution in [0.15, 0.2) is 110 Å². The molecule has 3 aromatic carbocycles. The van der Waals surface area contributed by atoms with Gasteiger partial charge >= 0.3 is 0 Å². The first kappa shape index (κ1) is 16.5. The molecule has 0 saturated carbocycles. The molecule has 1 N–H and O–H groups in total. The molecule has 3 aromatic rings. The first-order valence-corrected chi connectivity index (χ1v) is 8.28. The average Bonchev–Trinajstić information content (AvgIpc) is 2.68. The predicted molar refractivity (Wildman–Crippen MR) is 112 cm³/mol. The molecule has 0 aliphatic carbocycles. The van der Waals surface area contributed by atoms with Crippen molar-refractivity contribution >= 4 is 16.9 Å². The number of anilines is 2. The van der Waals surface area contributed by atoms with Crippen LogP contribution in [0, 0.1) is 0 Å². The molecule has 124 valence electrons. The van der Waals surface area contributed by atoms with Gasteiger partial charge in [0, 0.05) is 12.8 Å². The van der Waals surface area contributed by atoms with Gasteiger partial charge in [-0.3, -0.25) is 0 Å². The minimum Gasteiger partial charge on any atom is -0.356 e. The Morgan fingerprint density at radius 2 is 1.28 bits per heavy atom. The van der Waals surface area contributed by atoms with Gasteiger partial charge in [0.1, 0.15) is 0 Å². The smallest absolute Gasteiger partial charge is 0.0384 e. The molecular formula is C24H23N. The summed E-state index contributed by atoms with van der Waals surface area (Å²) in [5, 5.41) is 3.43. The van der Waals surface area contributed by atoms with Crippen molar-refractivity contribution in [2.75, 3.05) is 5.32 Å². The lowest BCUT2D eigenvalue weighted by molar-refractivity contribution is 1.52. The molecule has 0 aliphatic rings. The minimum absolute atomic E-state index is 0. The van der Waals surface area contributed by atoms with Crippen molar-refractivity contribution in [3.63, 3.8) is 0 Å². The van der Waals surface area contributed by atoms with E-state index in [1.807, 2.05) is 18.2 Å². The molecule has 0 unspecified atom stereocenters. The van der Waals surface area contributed by atoms with Gasteiger partial charge in [0.05, 0.1) is 0 Å². The SMILES string of the molecule is C=C/C=C(\C=C)c1ccc(Nc2ccc(-c3ccccc3)cc2)cc1.[HH]. The summed E-state index contributed by atoms with van der Waals surface area (Å²) in [4.78, 5) is 0. The van der Waals surface area contributed by atoms with Gasteiger partial charge in [0.15, 0.2) is 0 Å². The zero-order valence-corrected chi connectivity index (χ0v) is 14.2. The predicted octanol–water partition coefficient (Wildman–Crippen LogP) is 7.10. The van der Waals surface area contributed by atoms with E-state index < -0.39 is 0 Å². The van der Waals surface area contributed by atoms with Gasteiger partial charge in [0.25, 0.3) is 0 Å². The van der Waals surface area contributed by atoms with Crippen LogP contribution in [0.3, 0.4) is 0 Å². The fraction of sp³-hybridized carbons (Fsp3) is 0. The summed E-state index contributed by atoms with van der Waals surface area (Å²) in [6.07, 6.45) is 5.57. The van der Waals surface area contributed by atoms with Gasteiger partial charge in [-0.2, -0.15) is 0 Å². The van der Waals surface area contributed by atoms with Gasteiger partial charge in [-0.25, -0.2) is 0 Å². The second kappa shape index (κ2) is 7.98. The minimum atomic E-state index is 0. The van der Waals surface area contributed by atoms with E-state index in [9.17, 15) is 0 Å². The summed E-state index contributed by atoms with van der Waals surface area (Å²) in [5.41, 5.74) is 6.75. The zero-order chi connectivity index (χ0) is 17.5. The van der Waals surface area contributed by atoms with E-state index in [1.54, 1.807) is 6.08 Å². The summed E-state index contributed by atoms with van der Waals surface area (Å²) < 4.78 is 0. The second-order valence-corrected chi connectivity index (χ2v) is 5.71. The number of benzene rings is 3. The Bertz CT molecular complexity index is 876. The standard InChI is InChI=1S/C24H21N.H2/c1-3-8-19(4-2)21-11-15-23(16-12-21)25-24-17-13-22(14-18-24)20-9-6-5-7-10-20;/h3-18,25H,1-2H2;1H/b19-8+;.